The van der Waals surface area contributed by atoms with Crippen molar-refractivity contribution in [3.8, 4) is 16.9 Å². The van der Waals surface area contributed by atoms with Crippen LogP contribution in [0.3, 0.4) is 0 Å². The fourth-order valence-corrected chi connectivity index (χ4v) is 3.55. The summed E-state index contributed by atoms with van der Waals surface area (Å²) in [5, 5.41) is 23.6. The zero-order chi connectivity index (χ0) is 16.9. The lowest BCUT2D eigenvalue weighted by Gasteiger charge is -2.02. The summed E-state index contributed by atoms with van der Waals surface area (Å²) in [5.41, 5.74) is 0.362. The van der Waals surface area contributed by atoms with Crippen LogP contribution in [0.1, 0.15) is 9.75 Å². The van der Waals surface area contributed by atoms with E-state index >= 15 is 0 Å². The number of thiophene rings is 2. The summed E-state index contributed by atoms with van der Waals surface area (Å²) in [4.78, 5) is 11.8. The fraction of sp³-hybridized carbons (Fsp3) is 0.0625. The maximum absolute atomic E-state index is 11.0. The number of nitrogens with zero attached hydrogens (tertiary/aromatic N) is 2. The summed E-state index contributed by atoms with van der Waals surface area (Å²) in [6.45, 7) is 0.422. The molecule has 0 saturated carbocycles. The summed E-state index contributed by atoms with van der Waals surface area (Å²) in [7, 11) is 0. The Morgan fingerprint density at radius 1 is 1.21 bits per heavy atom. The highest BCUT2D eigenvalue weighted by Gasteiger charge is 2.19. The number of nitriles is 1. The van der Waals surface area contributed by atoms with Crippen molar-refractivity contribution < 1.29 is 9.66 Å². The number of nitro groups is 1. The Hall–Kier alpha value is -2.89. The molecule has 3 aromatic rings. The highest BCUT2D eigenvalue weighted by Crippen LogP contribution is 2.35. The fourth-order valence-electron chi connectivity index (χ4n) is 1.99. The molecule has 2 heterocycles. The van der Waals surface area contributed by atoms with Gasteiger partial charge in [-0.2, -0.15) is 5.26 Å². The van der Waals surface area contributed by atoms with Gasteiger partial charge in [-0.05, 0) is 41.7 Å². The van der Waals surface area contributed by atoms with Gasteiger partial charge in [-0.1, -0.05) is 18.2 Å². The largest absolute Gasteiger partial charge is 0.447 e. The van der Waals surface area contributed by atoms with E-state index in [0.717, 1.165) is 27.0 Å². The lowest BCUT2D eigenvalue weighted by Crippen LogP contribution is -1.98. The molecule has 0 unspecified atom stereocenters. The number of rotatable bonds is 6. The first-order chi connectivity index (χ1) is 11.7. The van der Waals surface area contributed by atoms with Crippen molar-refractivity contribution in [2.24, 2.45) is 0 Å². The van der Waals surface area contributed by atoms with Crippen molar-refractivity contribution in [2.45, 2.75) is 6.54 Å². The van der Waals surface area contributed by atoms with Crippen LogP contribution in [0.25, 0.3) is 0 Å². The van der Waals surface area contributed by atoms with Crippen LogP contribution >= 0.6 is 22.7 Å². The molecule has 0 aliphatic heterocycles. The van der Waals surface area contributed by atoms with Crippen LogP contribution < -0.4 is 10.1 Å². The molecule has 0 spiro atoms. The molecule has 0 amide bonds. The molecule has 0 atom stereocenters. The van der Waals surface area contributed by atoms with Gasteiger partial charge in [0.1, 0.15) is 22.4 Å². The standard InChI is InChI=1S/C16H11N3O3S2/c17-9-13-8-14(16(24-13)19(20)21)18-10-12-6-7-15(23-12)22-11-4-2-1-3-5-11/h1-8,18H,10H2. The summed E-state index contributed by atoms with van der Waals surface area (Å²) in [6.07, 6.45) is 0. The van der Waals surface area contributed by atoms with Crippen LogP contribution in [0.2, 0.25) is 0 Å². The molecule has 0 saturated heterocycles. The molecular formula is C16H11N3O3S2. The highest BCUT2D eigenvalue weighted by molar-refractivity contribution is 7.16. The third-order valence-electron chi connectivity index (χ3n) is 3.04. The van der Waals surface area contributed by atoms with Crippen molar-refractivity contribution in [3.05, 3.63) is 68.4 Å². The third-order valence-corrected chi connectivity index (χ3v) is 4.99. The van der Waals surface area contributed by atoms with E-state index in [9.17, 15) is 10.1 Å². The van der Waals surface area contributed by atoms with Crippen LogP contribution in [0.4, 0.5) is 10.7 Å². The van der Waals surface area contributed by atoms with Crippen molar-refractivity contribution in [3.63, 3.8) is 0 Å². The van der Waals surface area contributed by atoms with Crippen LogP contribution in [0.15, 0.2) is 48.5 Å². The average Bonchev–Trinajstić information content (AvgIpc) is 3.20. The maximum atomic E-state index is 11.0. The molecule has 0 aliphatic carbocycles. The van der Waals surface area contributed by atoms with Crippen LogP contribution in [0.5, 0.6) is 10.8 Å². The van der Waals surface area contributed by atoms with E-state index in [1.807, 2.05) is 48.5 Å². The van der Waals surface area contributed by atoms with E-state index < -0.39 is 4.92 Å². The SMILES string of the molecule is N#Cc1cc(NCc2ccc(Oc3ccccc3)s2)c([N+](=O)[O-])s1. The lowest BCUT2D eigenvalue weighted by atomic mass is 10.3. The molecule has 3 rings (SSSR count). The summed E-state index contributed by atoms with van der Waals surface area (Å²) < 4.78 is 5.74. The smallest absolute Gasteiger partial charge is 0.348 e. The van der Waals surface area contributed by atoms with Gasteiger partial charge in [0.05, 0.1) is 4.92 Å². The molecule has 1 aromatic carbocycles. The first-order valence-corrected chi connectivity index (χ1v) is 8.53. The van der Waals surface area contributed by atoms with E-state index in [0.29, 0.717) is 17.1 Å². The molecule has 120 valence electrons. The number of benzene rings is 1. The Labute approximate surface area is 145 Å². The molecule has 24 heavy (non-hydrogen) atoms. The van der Waals surface area contributed by atoms with Gasteiger partial charge in [-0.3, -0.25) is 10.1 Å². The first-order valence-electron chi connectivity index (χ1n) is 6.89. The van der Waals surface area contributed by atoms with Gasteiger partial charge in [0.2, 0.25) is 0 Å². The normalized spacial score (nSPS) is 10.1. The van der Waals surface area contributed by atoms with Crippen LogP contribution in [-0.2, 0) is 6.54 Å². The van der Waals surface area contributed by atoms with Crippen molar-refractivity contribution in [1.82, 2.24) is 0 Å². The molecule has 0 bridgehead atoms. The van der Waals surface area contributed by atoms with Gasteiger partial charge >= 0.3 is 5.00 Å². The Kier molecular flexibility index (Phi) is 4.74. The third kappa shape index (κ3) is 3.71. The topological polar surface area (TPSA) is 88.2 Å². The zero-order valence-corrected chi connectivity index (χ0v) is 13.9. The van der Waals surface area contributed by atoms with Gasteiger partial charge in [-0.15, -0.1) is 11.3 Å². The second-order valence-corrected chi connectivity index (χ2v) is 6.85. The predicted molar refractivity (Wildman–Crippen MR) is 93.9 cm³/mol. The summed E-state index contributed by atoms with van der Waals surface area (Å²) in [5.74, 6) is 0.756. The molecule has 2 aromatic heterocycles. The maximum Gasteiger partial charge on any atom is 0.348 e. The summed E-state index contributed by atoms with van der Waals surface area (Å²) in [6, 6.07) is 16.6. The molecule has 0 radical (unpaired) electrons. The lowest BCUT2D eigenvalue weighted by molar-refractivity contribution is -0.379. The van der Waals surface area contributed by atoms with Crippen LogP contribution in [-0.4, -0.2) is 4.92 Å². The van der Waals surface area contributed by atoms with E-state index in [1.165, 1.54) is 17.4 Å². The van der Waals surface area contributed by atoms with E-state index in [4.69, 9.17) is 10.00 Å². The quantitative estimate of drug-likeness (QED) is 0.496. The van der Waals surface area contributed by atoms with Gasteiger partial charge in [0, 0.05) is 11.4 Å². The number of ether oxygens (including phenoxy) is 1. The number of hydrogen-bond donors (Lipinski definition) is 1. The van der Waals surface area contributed by atoms with Crippen molar-refractivity contribution in [2.75, 3.05) is 5.32 Å². The minimum atomic E-state index is -0.480. The second-order valence-electron chi connectivity index (χ2n) is 4.69. The van der Waals surface area contributed by atoms with E-state index in [2.05, 4.69) is 5.32 Å². The Balaban J connectivity index is 1.67. The monoisotopic (exact) mass is 357 g/mol. The Bertz CT molecular complexity index is 897. The van der Waals surface area contributed by atoms with Gasteiger partial charge in [0.25, 0.3) is 0 Å². The molecule has 0 fully saturated rings. The first kappa shape index (κ1) is 16.0. The molecular weight excluding hydrogens is 346 g/mol. The summed E-state index contributed by atoms with van der Waals surface area (Å²) >= 11 is 2.32. The van der Waals surface area contributed by atoms with Gasteiger partial charge < -0.3 is 10.1 Å². The van der Waals surface area contributed by atoms with E-state index in [1.54, 1.807) is 0 Å². The number of hydrogen-bond acceptors (Lipinski definition) is 7. The van der Waals surface area contributed by atoms with E-state index in [-0.39, 0.29) is 5.00 Å². The Morgan fingerprint density at radius 2 is 2.00 bits per heavy atom. The van der Waals surface area contributed by atoms with Crippen molar-refractivity contribution in [1.29, 1.82) is 5.26 Å². The second kappa shape index (κ2) is 7.12. The minimum absolute atomic E-state index is 0.0520. The molecule has 0 aliphatic rings. The minimum Gasteiger partial charge on any atom is -0.447 e. The zero-order valence-electron chi connectivity index (χ0n) is 12.3. The van der Waals surface area contributed by atoms with Crippen molar-refractivity contribution >= 4 is 33.4 Å². The highest BCUT2D eigenvalue weighted by atomic mass is 32.1. The number of nitrogens with one attached hydrogen (secondary N) is 1. The average molecular weight is 357 g/mol. The van der Waals surface area contributed by atoms with Gasteiger partial charge in [-0.25, -0.2) is 0 Å². The predicted octanol–water partition coefficient (Wildman–Crippen LogP) is 4.99. The molecule has 8 heteroatoms. The number of anilines is 1. The molecule has 1 N–H and O–H groups in total. The Morgan fingerprint density at radius 3 is 2.71 bits per heavy atom. The van der Waals surface area contributed by atoms with Crippen LogP contribution in [0, 0.1) is 21.4 Å². The van der Waals surface area contributed by atoms with Gasteiger partial charge in [0.15, 0.2) is 5.06 Å². The molecule has 6 nitrogen and oxygen atoms in total. The number of para-hydroxylation sites is 1.